The lowest BCUT2D eigenvalue weighted by Gasteiger charge is -2.08. The Morgan fingerprint density at radius 3 is 2.39 bits per heavy atom. The maximum absolute atomic E-state index is 13.0. The number of carbonyl (C=O) groups excluding carboxylic acids is 1. The van der Waals surface area contributed by atoms with Crippen LogP contribution in [0.1, 0.15) is 30.9 Å². The normalized spacial score (nSPS) is 11.0. The Bertz CT molecular complexity index is 1260. The molecule has 0 aliphatic heterocycles. The number of aryl methyl sites for hydroxylation is 1. The van der Waals surface area contributed by atoms with Gasteiger partial charge < -0.3 is 9.47 Å². The van der Waals surface area contributed by atoms with Gasteiger partial charge in [-0.3, -0.25) is 9.59 Å². The maximum atomic E-state index is 13.0. The fourth-order valence-corrected chi connectivity index (χ4v) is 4.67. The maximum Gasteiger partial charge on any atom is 0.302 e. The summed E-state index contributed by atoms with van der Waals surface area (Å²) < 4.78 is 12.8. The van der Waals surface area contributed by atoms with Gasteiger partial charge in [0.05, 0.1) is 6.61 Å². The van der Waals surface area contributed by atoms with E-state index in [0.29, 0.717) is 13.2 Å². The van der Waals surface area contributed by atoms with E-state index in [2.05, 4.69) is 6.07 Å². The number of ether oxygens (including phenoxy) is 2. The molecule has 0 aliphatic carbocycles. The van der Waals surface area contributed by atoms with Crippen molar-refractivity contribution < 1.29 is 14.3 Å². The van der Waals surface area contributed by atoms with Gasteiger partial charge in [0.2, 0.25) is 0 Å². The van der Waals surface area contributed by atoms with Gasteiger partial charge in [0, 0.05) is 27.1 Å². The molecule has 0 atom stereocenters. The Morgan fingerprint density at radius 2 is 1.61 bits per heavy atom. The minimum atomic E-state index is -0.241. The molecule has 1 heterocycles. The summed E-state index contributed by atoms with van der Waals surface area (Å²) in [6.45, 7) is 2.37. The smallest absolute Gasteiger partial charge is 0.302 e. The first-order chi connectivity index (χ1) is 15.1. The molecule has 4 aromatic rings. The van der Waals surface area contributed by atoms with Crippen molar-refractivity contribution in [3.63, 3.8) is 0 Å². The van der Waals surface area contributed by atoms with Gasteiger partial charge in [0.25, 0.3) is 0 Å². The lowest BCUT2D eigenvalue weighted by Crippen LogP contribution is -2.02. The highest BCUT2D eigenvalue weighted by molar-refractivity contribution is 7.24. The molecule has 0 saturated carbocycles. The van der Waals surface area contributed by atoms with Crippen molar-refractivity contribution >= 4 is 37.5 Å². The second-order valence-electron chi connectivity index (χ2n) is 7.49. The summed E-state index contributed by atoms with van der Waals surface area (Å²) >= 11 is 1.61. The third kappa shape index (κ3) is 5.30. The zero-order valence-electron chi connectivity index (χ0n) is 17.4. The zero-order valence-corrected chi connectivity index (χ0v) is 18.2. The molecule has 0 unspecified atom stereocenters. The van der Waals surface area contributed by atoms with Crippen molar-refractivity contribution in [2.45, 2.75) is 32.8 Å². The quantitative estimate of drug-likeness (QED) is 0.198. The molecule has 0 radical (unpaired) electrons. The summed E-state index contributed by atoms with van der Waals surface area (Å²) in [5, 5.41) is 1.47. The first kappa shape index (κ1) is 21.1. The van der Waals surface area contributed by atoms with Gasteiger partial charge in [-0.1, -0.05) is 36.4 Å². The third-order valence-corrected chi connectivity index (χ3v) is 6.24. The second-order valence-corrected chi connectivity index (χ2v) is 8.57. The minimum Gasteiger partial charge on any atom is -0.489 e. The summed E-state index contributed by atoms with van der Waals surface area (Å²) in [7, 11) is 0. The highest BCUT2D eigenvalue weighted by atomic mass is 32.1. The number of unbranched alkanes of at least 4 members (excludes halogenated alkanes) is 1. The average molecular weight is 433 g/mol. The Balaban J connectivity index is 1.53. The van der Waals surface area contributed by atoms with E-state index in [0.717, 1.165) is 50.7 Å². The first-order valence-electron chi connectivity index (χ1n) is 10.4. The molecule has 0 spiro atoms. The third-order valence-electron chi connectivity index (χ3n) is 5.12. The molecule has 4 rings (SSSR count). The van der Waals surface area contributed by atoms with Crippen LogP contribution in [0.15, 0.2) is 71.5 Å². The van der Waals surface area contributed by atoms with E-state index in [1.165, 1.54) is 12.5 Å². The molecule has 4 nitrogen and oxygen atoms in total. The minimum absolute atomic E-state index is 0.0553. The number of carbonyl (C=O) groups is 1. The van der Waals surface area contributed by atoms with Crippen molar-refractivity contribution in [1.82, 2.24) is 0 Å². The van der Waals surface area contributed by atoms with Crippen molar-refractivity contribution in [2.75, 3.05) is 6.61 Å². The molecule has 158 valence electrons. The standard InChI is InChI=1S/C26H24O4S/c1-18(27)29-14-6-5-7-19-10-12-22-24(15-19)31-25-16-21(11-13-23(25)26(22)28)30-17-20-8-3-2-4-9-20/h2-4,8-13,15-16H,5-7,14,17H2,1H3. The van der Waals surface area contributed by atoms with Crippen LogP contribution in [0.2, 0.25) is 0 Å². The monoisotopic (exact) mass is 432 g/mol. The van der Waals surface area contributed by atoms with Gasteiger partial charge in [0.1, 0.15) is 12.4 Å². The van der Waals surface area contributed by atoms with Crippen LogP contribution in [-0.4, -0.2) is 12.6 Å². The molecule has 0 aliphatic rings. The Hall–Kier alpha value is -3.18. The molecular formula is C26H24O4S. The average Bonchev–Trinajstić information content (AvgIpc) is 2.78. The molecular weight excluding hydrogens is 408 g/mol. The van der Waals surface area contributed by atoms with Gasteiger partial charge in [-0.05, 0) is 60.7 Å². The van der Waals surface area contributed by atoms with Gasteiger partial charge in [-0.2, -0.15) is 0 Å². The highest BCUT2D eigenvalue weighted by Gasteiger charge is 2.08. The molecule has 3 aromatic carbocycles. The molecule has 5 heteroatoms. The number of fused-ring (bicyclic) bond motifs is 2. The highest BCUT2D eigenvalue weighted by Crippen LogP contribution is 2.29. The van der Waals surface area contributed by atoms with Crippen LogP contribution in [0.25, 0.3) is 20.2 Å². The van der Waals surface area contributed by atoms with Crippen LogP contribution in [-0.2, 0) is 22.6 Å². The number of rotatable bonds is 8. The van der Waals surface area contributed by atoms with Crippen LogP contribution in [0.3, 0.4) is 0 Å². The lowest BCUT2D eigenvalue weighted by molar-refractivity contribution is -0.141. The molecule has 0 fully saturated rings. The van der Waals surface area contributed by atoms with Crippen molar-refractivity contribution in [3.05, 3.63) is 88.1 Å². The molecule has 31 heavy (non-hydrogen) atoms. The van der Waals surface area contributed by atoms with Crippen LogP contribution >= 0.6 is 11.3 Å². The van der Waals surface area contributed by atoms with Crippen LogP contribution in [0, 0.1) is 0 Å². The van der Waals surface area contributed by atoms with E-state index in [1.54, 1.807) is 11.3 Å². The van der Waals surface area contributed by atoms with Gasteiger partial charge in [-0.25, -0.2) is 0 Å². The van der Waals surface area contributed by atoms with Gasteiger partial charge in [0.15, 0.2) is 5.43 Å². The summed E-state index contributed by atoms with van der Waals surface area (Å²) in [5.74, 6) is 0.516. The predicted octanol–water partition coefficient (Wildman–Crippen LogP) is 5.88. The molecule has 0 bridgehead atoms. The zero-order chi connectivity index (χ0) is 21.6. The van der Waals surface area contributed by atoms with Crippen LogP contribution in [0.4, 0.5) is 0 Å². The number of benzene rings is 3. The van der Waals surface area contributed by atoms with Crippen molar-refractivity contribution in [1.29, 1.82) is 0 Å². The summed E-state index contributed by atoms with van der Waals surface area (Å²) in [4.78, 5) is 23.8. The second kappa shape index (κ2) is 9.75. The van der Waals surface area contributed by atoms with E-state index in [4.69, 9.17) is 9.47 Å². The summed E-state index contributed by atoms with van der Waals surface area (Å²) in [6.07, 6.45) is 2.64. The lowest BCUT2D eigenvalue weighted by atomic mass is 10.1. The number of esters is 1. The summed E-state index contributed by atoms with van der Waals surface area (Å²) in [6, 6.07) is 21.7. The predicted molar refractivity (Wildman–Crippen MR) is 126 cm³/mol. The summed E-state index contributed by atoms with van der Waals surface area (Å²) in [5.41, 5.74) is 2.34. The molecule has 1 aromatic heterocycles. The van der Waals surface area contributed by atoms with E-state index < -0.39 is 0 Å². The topological polar surface area (TPSA) is 52.6 Å². The Kier molecular flexibility index (Phi) is 6.63. The SMILES string of the molecule is CC(=O)OCCCCc1ccc2c(=O)c3ccc(OCc4ccccc4)cc3sc2c1. The van der Waals surface area contributed by atoms with Crippen LogP contribution in [0.5, 0.6) is 5.75 Å². The number of hydrogen-bond donors (Lipinski definition) is 0. The molecule has 0 saturated heterocycles. The molecule has 0 amide bonds. The van der Waals surface area contributed by atoms with E-state index in [1.807, 2.05) is 60.7 Å². The first-order valence-corrected chi connectivity index (χ1v) is 11.2. The molecule has 0 N–H and O–H groups in total. The van der Waals surface area contributed by atoms with E-state index >= 15 is 0 Å². The van der Waals surface area contributed by atoms with Crippen LogP contribution < -0.4 is 10.2 Å². The number of hydrogen-bond acceptors (Lipinski definition) is 5. The van der Waals surface area contributed by atoms with Crippen molar-refractivity contribution in [2.24, 2.45) is 0 Å². The van der Waals surface area contributed by atoms with Gasteiger partial charge in [-0.15, -0.1) is 11.3 Å². The largest absolute Gasteiger partial charge is 0.489 e. The van der Waals surface area contributed by atoms with Crippen molar-refractivity contribution in [3.8, 4) is 5.75 Å². The Labute approximate surface area is 185 Å². The Morgan fingerprint density at radius 1 is 0.871 bits per heavy atom. The van der Waals surface area contributed by atoms with E-state index in [9.17, 15) is 9.59 Å². The fraction of sp³-hybridized carbons (Fsp3) is 0.231. The van der Waals surface area contributed by atoms with Gasteiger partial charge >= 0.3 is 5.97 Å². The van der Waals surface area contributed by atoms with E-state index in [-0.39, 0.29) is 11.4 Å². The fourth-order valence-electron chi connectivity index (χ4n) is 3.51.